The molecule has 3 fully saturated rings. The van der Waals surface area contributed by atoms with Gasteiger partial charge >= 0.3 is 11.9 Å². The van der Waals surface area contributed by atoms with E-state index in [9.17, 15) is 14.7 Å². The minimum atomic E-state index is -0.617. The summed E-state index contributed by atoms with van der Waals surface area (Å²) in [6.07, 6.45) is 25.7. The van der Waals surface area contributed by atoms with E-state index >= 15 is 0 Å². The lowest BCUT2D eigenvalue weighted by atomic mass is 9.96. The molecular formula is C45H68O7S. The number of carbonyl (C=O) groups excluding carboxylic acids is 2. The molecule has 53 heavy (non-hydrogen) atoms. The van der Waals surface area contributed by atoms with Gasteiger partial charge in [0.15, 0.2) is 0 Å². The highest BCUT2D eigenvalue weighted by molar-refractivity contribution is 8.01. The van der Waals surface area contributed by atoms with Crippen LogP contribution in [-0.2, 0) is 28.5 Å². The fourth-order valence-corrected chi connectivity index (χ4v) is 9.57. The summed E-state index contributed by atoms with van der Waals surface area (Å²) in [6.45, 7) is 5.73. The van der Waals surface area contributed by atoms with Crippen LogP contribution in [0.2, 0.25) is 0 Å². The van der Waals surface area contributed by atoms with Crippen LogP contribution in [0.25, 0.3) is 0 Å². The third kappa shape index (κ3) is 15.4. The van der Waals surface area contributed by atoms with Gasteiger partial charge in [0, 0.05) is 24.7 Å². The highest BCUT2D eigenvalue weighted by Crippen LogP contribution is 2.46. The molecule has 7 nitrogen and oxygen atoms in total. The van der Waals surface area contributed by atoms with Gasteiger partial charge in [-0.25, -0.2) is 0 Å². The Hall–Kier alpha value is -2.31. The molecule has 1 aromatic carbocycles. The monoisotopic (exact) mass is 752 g/mol. The molecule has 8 heteroatoms. The molecule has 0 bridgehead atoms. The van der Waals surface area contributed by atoms with Gasteiger partial charge in [-0.2, -0.15) is 0 Å². The van der Waals surface area contributed by atoms with Crippen LogP contribution in [0.3, 0.4) is 0 Å². The molecule has 0 radical (unpaired) electrons. The summed E-state index contributed by atoms with van der Waals surface area (Å²) in [5, 5.41) is 10.8. The molecule has 3 aliphatic rings. The maximum atomic E-state index is 12.8. The number of benzene rings is 1. The van der Waals surface area contributed by atoms with Gasteiger partial charge in [0.1, 0.15) is 17.0 Å². The molecule has 1 N–H and O–H groups in total. The molecule has 0 saturated carbocycles. The van der Waals surface area contributed by atoms with Gasteiger partial charge in [-0.05, 0) is 82.9 Å². The Kier molecular flexibility index (Phi) is 19.9. The Labute approximate surface area is 325 Å². The molecule has 1 aromatic rings. The second kappa shape index (κ2) is 24.3. The van der Waals surface area contributed by atoms with Crippen molar-refractivity contribution in [3.63, 3.8) is 0 Å². The number of aliphatic hydroxyl groups is 1. The molecule has 0 unspecified atom stereocenters. The second-order valence-corrected chi connectivity index (χ2v) is 17.1. The summed E-state index contributed by atoms with van der Waals surface area (Å²) in [7, 11) is 0. The van der Waals surface area contributed by atoms with Crippen LogP contribution in [0, 0.1) is 11.8 Å². The lowest BCUT2D eigenvalue weighted by Crippen LogP contribution is -2.34. The SMILES string of the molecule is CCCCCCCCCC[C@@H](OC(C)=O)[C@@H]1CC[C@@H]([C@@H]2CC[C@@H]([C@@H](O)CC#C/C=C/CCCCCCC[C@@]3(Sc4ccccc4)C[C@H](C)OC3=O)O2)O1. The number of ether oxygens (including phenoxy) is 4. The number of rotatable bonds is 24. The lowest BCUT2D eigenvalue weighted by Gasteiger charge is -2.26. The van der Waals surface area contributed by atoms with Crippen molar-refractivity contribution in [3.05, 3.63) is 42.5 Å². The minimum absolute atomic E-state index is 0.0187. The zero-order chi connectivity index (χ0) is 37.7. The molecule has 0 aliphatic carbocycles. The van der Waals surface area contributed by atoms with Crippen LogP contribution in [0.1, 0.15) is 162 Å². The molecule has 0 spiro atoms. The number of cyclic esters (lactones) is 1. The number of esters is 2. The third-order valence-electron chi connectivity index (χ3n) is 11.0. The number of allylic oxidation sites excluding steroid dienone is 2. The summed E-state index contributed by atoms with van der Waals surface area (Å²) < 4.78 is 23.6. The summed E-state index contributed by atoms with van der Waals surface area (Å²) in [6, 6.07) is 10.2. The maximum Gasteiger partial charge on any atom is 0.322 e. The smallest absolute Gasteiger partial charge is 0.322 e. The Morgan fingerprint density at radius 2 is 1.57 bits per heavy atom. The molecule has 3 saturated heterocycles. The fourth-order valence-electron chi connectivity index (χ4n) is 8.13. The summed E-state index contributed by atoms with van der Waals surface area (Å²) in [5.74, 6) is 5.91. The summed E-state index contributed by atoms with van der Waals surface area (Å²) >= 11 is 1.68. The highest BCUT2D eigenvalue weighted by atomic mass is 32.2. The minimum Gasteiger partial charge on any atom is -0.462 e. The average Bonchev–Trinajstić information content (AvgIpc) is 3.89. The van der Waals surface area contributed by atoms with E-state index in [4.69, 9.17) is 18.9 Å². The first-order valence-electron chi connectivity index (χ1n) is 21.0. The highest BCUT2D eigenvalue weighted by Gasteiger charge is 2.48. The van der Waals surface area contributed by atoms with Gasteiger partial charge in [0.05, 0.1) is 30.5 Å². The molecule has 3 heterocycles. The summed E-state index contributed by atoms with van der Waals surface area (Å²) in [4.78, 5) is 25.8. The molecule has 0 aromatic heterocycles. The van der Waals surface area contributed by atoms with Crippen LogP contribution >= 0.6 is 11.8 Å². The molecular weight excluding hydrogens is 685 g/mol. The van der Waals surface area contributed by atoms with Crippen molar-refractivity contribution >= 4 is 23.7 Å². The quantitative estimate of drug-likeness (QED) is 0.0634. The Balaban J connectivity index is 1.05. The zero-order valence-electron chi connectivity index (χ0n) is 32.9. The predicted octanol–water partition coefficient (Wildman–Crippen LogP) is 10.5. The molecule has 3 aliphatic heterocycles. The van der Waals surface area contributed by atoms with Gasteiger partial charge < -0.3 is 24.1 Å². The van der Waals surface area contributed by atoms with Crippen LogP contribution in [0.15, 0.2) is 47.4 Å². The number of thioether (sulfide) groups is 1. The maximum absolute atomic E-state index is 12.8. The number of hydrogen-bond acceptors (Lipinski definition) is 8. The van der Waals surface area contributed by atoms with Gasteiger partial charge in [0.2, 0.25) is 0 Å². The predicted molar refractivity (Wildman–Crippen MR) is 214 cm³/mol. The standard InChI is InChI=1S/C45H68O7S/c1-4-5-6-7-8-14-17-23-28-40(50-36(3)46)41-31-32-43(52-41)42-30-29-39(51-42)38(47)27-22-16-13-11-9-10-12-15-18-24-33-45(34-35(2)49-44(45)48)53-37-25-20-19-21-26-37/h11,13,19-21,25-26,35,38-43,47H,4-10,12,14-15,17-18,23-24,27-34H2,1-3H3/b13-11+/t35-,38-,39-,40+,41-,42-,43-,45+/m0/s1. The van der Waals surface area contributed by atoms with Crippen LogP contribution in [-0.4, -0.2) is 64.5 Å². The summed E-state index contributed by atoms with van der Waals surface area (Å²) in [5.41, 5.74) is 0. The number of hydrogen-bond donors (Lipinski definition) is 1. The normalized spacial score (nSPS) is 26.7. The molecule has 4 rings (SSSR count). The zero-order valence-corrected chi connectivity index (χ0v) is 33.8. The van der Waals surface area contributed by atoms with Gasteiger partial charge in [-0.3, -0.25) is 9.59 Å². The van der Waals surface area contributed by atoms with E-state index in [1.165, 1.54) is 51.9 Å². The first-order chi connectivity index (χ1) is 25.8. The first-order valence-corrected chi connectivity index (χ1v) is 21.9. The number of aliphatic hydroxyl groups excluding tert-OH is 1. The van der Waals surface area contributed by atoms with E-state index in [1.54, 1.807) is 11.8 Å². The van der Waals surface area contributed by atoms with Crippen molar-refractivity contribution < 1.29 is 33.6 Å². The van der Waals surface area contributed by atoms with E-state index in [0.29, 0.717) is 6.42 Å². The van der Waals surface area contributed by atoms with E-state index in [-0.39, 0.29) is 48.6 Å². The van der Waals surface area contributed by atoms with E-state index < -0.39 is 10.9 Å². The molecule has 8 atom stereocenters. The Bertz CT molecular complexity index is 1290. The Morgan fingerprint density at radius 1 is 0.925 bits per heavy atom. The lowest BCUT2D eigenvalue weighted by molar-refractivity contribution is -0.158. The Morgan fingerprint density at radius 3 is 2.25 bits per heavy atom. The molecule has 296 valence electrons. The largest absolute Gasteiger partial charge is 0.462 e. The number of carbonyl (C=O) groups is 2. The van der Waals surface area contributed by atoms with E-state index in [2.05, 4.69) is 37.0 Å². The second-order valence-electron chi connectivity index (χ2n) is 15.6. The van der Waals surface area contributed by atoms with E-state index in [1.807, 2.05) is 31.2 Å². The van der Waals surface area contributed by atoms with Crippen molar-refractivity contribution in [3.8, 4) is 11.8 Å². The van der Waals surface area contributed by atoms with Crippen molar-refractivity contribution in [1.29, 1.82) is 0 Å². The van der Waals surface area contributed by atoms with Crippen molar-refractivity contribution in [2.75, 3.05) is 0 Å². The topological polar surface area (TPSA) is 91.3 Å². The fraction of sp³-hybridized carbons (Fsp3) is 0.733. The van der Waals surface area contributed by atoms with Crippen LogP contribution < -0.4 is 0 Å². The average molecular weight is 753 g/mol. The van der Waals surface area contributed by atoms with Gasteiger partial charge in [0.25, 0.3) is 0 Å². The third-order valence-corrected chi connectivity index (χ3v) is 12.4. The van der Waals surface area contributed by atoms with Gasteiger partial charge in [-0.15, -0.1) is 11.8 Å². The van der Waals surface area contributed by atoms with Crippen LogP contribution in [0.5, 0.6) is 0 Å². The number of unbranched alkanes of at least 4 members (excludes halogenated alkanes) is 12. The van der Waals surface area contributed by atoms with Crippen molar-refractivity contribution in [1.82, 2.24) is 0 Å². The first kappa shape index (κ1) is 43.4. The van der Waals surface area contributed by atoms with E-state index in [0.717, 1.165) is 94.8 Å². The van der Waals surface area contributed by atoms with Gasteiger partial charge in [-0.1, -0.05) is 114 Å². The van der Waals surface area contributed by atoms with Crippen molar-refractivity contribution in [2.45, 2.75) is 214 Å². The molecule has 0 amide bonds. The van der Waals surface area contributed by atoms with Crippen molar-refractivity contribution in [2.24, 2.45) is 0 Å². The van der Waals surface area contributed by atoms with Crippen LogP contribution in [0.4, 0.5) is 0 Å².